The highest BCUT2D eigenvalue weighted by molar-refractivity contribution is 5.51. The van der Waals surface area contributed by atoms with Crippen molar-refractivity contribution in [3.8, 4) is 0 Å². The van der Waals surface area contributed by atoms with Crippen LogP contribution in [0.25, 0.3) is 0 Å². The van der Waals surface area contributed by atoms with Gasteiger partial charge in [0, 0.05) is 55.9 Å². The molecule has 2 aromatic heterocycles. The standard InChI is InChI=1S/C18H26N6/c1-3-22-8-7-19-17(22)12-23-9-10-24(11-14(23)2)18-15-5-4-6-16(15)20-13-21-18/h7-8,13-14H,3-6,9-12H2,1-2H3/t14-/m0/s1. The van der Waals surface area contributed by atoms with Gasteiger partial charge in [-0.05, 0) is 33.1 Å². The lowest BCUT2D eigenvalue weighted by atomic mass is 10.1. The minimum atomic E-state index is 0.493. The van der Waals surface area contributed by atoms with E-state index in [1.165, 1.54) is 29.3 Å². The van der Waals surface area contributed by atoms with E-state index in [-0.39, 0.29) is 0 Å². The van der Waals surface area contributed by atoms with Gasteiger partial charge in [0.25, 0.3) is 0 Å². The number of hydrogen-bond acceptors (Lipinski definition) is 5. The van der Waals surface area contributed by atoms with Gasteiger partial charge in [0.2, 0.25) is 0 Å². The Bertz CT molecular complexity index is 709. The largest absolute Gasteiger partial charge is 0.353 e. The van der Waals surface area contributed by atoms with Gasteiger partial charge >= 0.3 is 0 Å². The first-order valence-corrected chi connectivity index (χ1v) is 9.08. The lowest BCUT2D eigenvalue weighted by molar-refractivity contribution is 0.174. The van der Waals surface area contributed by atoms with Crippen molar-refractivity contribution in [1.29, 1.82) is 0 Å². The van der Waals surface area contributed by atoms with E-state index in [1.807, 2.05) is 6.20 Å². The van der Waals surface area contributed by atoms with Gasteiger partial charge in [-0.25, -0.2) is 15.0 Å². The Morgan fingerprint density at radius 3 is 2.92 bits per heavy atom. The smallest absolute Gasteiger partial charge is 0.135 e. The van der Waals surface area contributed by atoms with Gasteiger partial charge in [0.1, 0.15) is 18.0 Å². The van der Waals surface area contributed by atoms with E-state index in [1.54, 1.807) is 6.33 Å². The molecule has 6 nitrogen and oxygen atoms in total. The maximum absolute atomic E-state index is 4.62. The predicted octanol–water partition coefficient (Wildman–Crippen LogP) is 1.89. The molecule has 1 aliphatic carbocycles. The van der Waals surface area contributed by atoms with Crippen molar-refractivity contribution in [2.75, 3.05) is 24.5 Å². The molecule has 1 fully saturated rings. The Kier molecular flexibility index (Phi) is 4.22. The zero-order valence-electron chi connectivity index (χ0n) is 14.6. The quantitative estimate of drug-likeness (QED) is 0.859. The van der Waals surface area contributed by atoms with E-state index in [2.05, 4.69) is 49.4 Å². The van der Waals surface area contributed by atoms with Crippen LogP contribution in [0.3, 0.4) is 0 Å². The molecule has 0 N–H and O–H groups in total. The highest BCUT2D eigenvalue weighted by atomic mass is 15.3. The SMILES string of the molecule is CCn1ccnc1CN1CCN(c2ncnc3c2CCC3)C[C@@H]1C. The van der Waals surface area contributed by atoms with E-state index >= 15 is 0 Å². The Morgan fingerprint density at radius 1 is 1.17 bits per heavy atom. The molecule has 0 amide bonds. The number of aromatic nitrogens is 4. The first-order chi connectivity index (χ1) is 11.8. The summed E-state index contributed by atoms with van der Waals surface area (Å²) in [6, 6.07) is 0.493. The summed E-state index contributed by atoms with van der Waals surface area (Å²) in [7, 11) is 0. The number of aryl methyl sites for hydroxylation is 2. The van der Waals surface area contributed by atoms with Gasteiger partial charge in [-0.3, -0.25) is 4.90 Å². The second kappa shape index (κ2) is 6.51. The van der Waals surface area contributed by atoms with Crippen LogP contribution in [0.15, 0.2) is 18.7 Å². The molecule has 0 radical (unpaired) electrons. The lowest BCUT2D eigenvalue weighted by Crippen LogP contribution is -2.52. The van der Waals surface area contributed by atoms with Crippen LogP contribution < -0.4 is 4.90 Å². The molecule has 0 unspecified atom stereocenters. The van der Waals surface area contributed by atoms with Crippen molar-refractivity contribution in [1.82, 2.24) is 24.4 Å². The number of fused-ring (bicyclic) bond motifs is 1. The molecule has 2 aliphatic rings. The molecule has 6 heteroatoms. The molecule has 2 aromatic rings. The number of piperazine rings is 1. The van der Waals surface area contributed by atoms with Crippen LogP contribution >= 0.6 is 0 Å². The molecule has 0 saturated carbocycles. The van der Waals surface area contributed by atoms with Crippen molar-refractivity contribution < 1.29 is 0 Å². The molecular formula is C18H26N6. The average molecular weight is 326 g/mol. The van der Waals surface area contributed by atoms with Crippen LogP contribution in [0.5, 0.6) is 0 Å². The summed E-state index contributed by atoms with van der Waals surface area (Å²) in [6.45, 7) is 9.50. The molecule has 0 spiro atoms. The third kappa shape index (κ3) is 2.79. The molecule has 0 aromatic carbocycles. The van der Waals surface area contributed by atoms with Crippen molar-refractivity contribution in [3.63, 3.8) is 0 Å². The molecule has 1 saturated heterocycles. The second-order valence-electron chi connectivity index (χ2n) is 6.87. The third-order valence-electron chi connectivity index (χ3n) is 5.40. The number of rotatable bonds is 4. The second-order valence-corrected chi connectivity index (χ2v) is 6.87. The number of imidazole rings is 1. The fourth-order valence-corrected chi connectivity index (χ4v) is 4.00. The molecular weight excluding hydrogens is 300 g/mol. The van der Waals surface area contributed by atoms with Crippen molar-refractivity contribution >= 4 is 5.82 Å². The van der Waals surface area contributed by atoms with E-state index < -0.39 is 0 Å². The monoisotopic (exact) mass is 326 g/mol. The Balaban J connectivity index is 1.46. The summed E-state index contributed by atoms with van der Waals surface area (Å²) in [6.07, 6.45) is 9.18. The Labute approximate surface area is 143 Å². The minimum Gasteiger partial charge on any atom is -0.353 e. The first kappa shape index (κ1) is 15.6. The van der Waals surface area contributed by atoms with Crippen LogP contribution in [-0.2, 0) is 25.9 Å². The zero-order valence-corrected chi connectivity index (χ0v) is 14.6. The Hall–Kier alpha value is -1.95. The fourth-order valence-electron chi connectivity index (χ4n) is 4.00. The topological polar surface area (TPSA) is 50.1 Å². The van der Waals surface area contributed by atoms with E-state index in [0.29, 0.717) is 6.04 Å². The summed E-state index contributed by atoms with van der Waals surface area (Å²) < 4.78 is 2.23. The number of nitrogens with zero attached hydrogens (tertiary/aromatic N) is 6. The molecule has 1 aliphatic heterocycles. The van der Waals surface area contributed by atoms with Gasteiger partial charge in [-0.2, -0.15) is 0 Å². The number of anilines is 1. The molecule has 24 heavy (non-hydrogen) atoms. The number of hydrogen-bond donors (Lipinski definition) is 0. The van der Waals surface area contributed by atoms with E-state index in [9.17, 15) is 0 Å². The first-order valence-electron chi connectivity index (χ1n) is 9.08. The van der Waals surface area contributed by atoms with Crippen LogP contribution in [0.1, 0.15) is 37.4 Å². The normalized spacial score (nSPS) is 21.2. The zero-order chi connectivity index (χ0) is 16.5. The van der Waals surface area contributed by atoms with Gasteiger partial charge in [-0.1, -0.05) is 0 Å². The predicted molar refractivity (Wildman–Crippen MR) is 94.0 cm³/mol. The third-order valence-corrected chi connectivity index (χ3v) is 5.40. The van der Waals surface area contributed by atoms with E-state index in [0.717, 1.165) is 45.6 Å². The van der Waals surface area contributed by atoms with Gasteiger partial charge in [0.15, 0.2) is 0 Å². The maximum atomic E-state index is 4.62. The molecule has 1 atom stereocenters. The summed E-state index contributed by atoms with van der Waals surface area (Å²) in [5.74, 6) is 2.35. The Morgan fingerprint density at radius 2 is 2.08 bits per heavy atom. The van der Waals surface area contributed by atoms with Crippen molar-refractivity contribution in [2.45, 2.75) is 52.2 Å². The molecule has 4 rings (SSSR count). The summed E-state index contributed by atoms with van der Waals surface area (Å²) >= 11 is 0. The molecule has 0 bridgehead atoms. The average Bonchev–Trinajstić information content (AvgIpc) is 3.24. The van der Waals surface area contributed by atoms with Crippen LogP contribution in [0, 0.1) is 0 Å². The van der Waals surface area contributed by atoms with Gasteiger partial charge < -0.3 is 9.47 Å². The highest BCUT2D eigenvalue weighted by Crippen LogP contribution is 2.29. The van der Waals surface area contributed by atoms with Crippen molar-refractivity contribution in [3.05, 3.63) is 35.8 Å². The van der Waals surface area contributed by atoms with Gasteiger partial charge in [0.05, 0.1) is 6.54 Å². The summed E-state index contributed by atoms with van der Waals surface area (Å²) in [5.41, 5.74) is 2.65. The van der Waals surface area contributed by atoms with Crippen molar-refractivity contribution in [2.24, 2.45) is 0 Å². The fraction of sp³-hybridized carbons (Fsp3) is 0.611. The molecule has 3 heterocycles. The maximum Gasteiger partial charge on any atom is 0.135 e. The highest BCUT2D eigenvalue weighted by Gasteiger charge is 2.28. The lowest BCUT2D eigenvalue weighted by Gasteiger charge is -2.40. The summed E-state index contributed by atoms with van der Waals surface area (Å²) in [4.78, 5) is 18.6. The van der Waals surface area contributed by atoms with Crippen LogP contribution in [0.4, 0.5) is 5.82 Å². The van der Waals surface area contributed by atoms with Gasteiger partial charge in [-0.15, -0.1) is 0 Å². The minimum absolute atomic E-state index is 0.493. The van der Waals surface area contributed by atoms with E-state index in [4.69, 9.17) is 0 Å². The molecule has 128 valence electrons. The van der Waals surface area contributed by atoms with Crippen LogP contribution in [-0.4, -0.2) is 50.1 Å². The summed E-state index contributed by atoms with van der Waals surface area (Å²) in [5, 5.41) is 0. The van der Waals surface area contributed by atoms with Crippen LogP contribution in [0.2, 0.25) is 0 Å².